The molecule has 0 amide bonds. The van der Waals surface area contributed by atoms with Crippen LogP contribution < -0.4 is 0 Å². The molecule has 0 radical (unpaired) electrons. The van der Waals surface area contributed by atoms with Crippen LogP contribution in [0.1, 0.15) is 44.6 Å². The van der Waals surface area contributed by atoms with Crippen molar-refractivity contribution in [1.29, 1.82) is 0 Å². The molecule has 0 saturated carbocycles. The number of pyridine rings is 1. The highest BCUT2D eigenvalue weighted by Gasteiger charge is 2.00. The van der Waals surface area contributed by atoms with Gasteiger partial charge >= 0.3 is 0 Å². The first-order valence-corrected chi connectivity index (χ1v) is 6.73. The van der Waals surface area contributed by atoms with Gasteiger partial charge < -0.3 is 0 Å². The second-order valence-electron chi connectivity index (χ2n) is 4.68. The van der Waals surface area contributed by atoms with Gasteiger partial charge in [0.05, 0.1) is 0 Å². The van der Waals surface area contributed by atoms with Gasteiger partial charge in [0.2, 0.25) is 0 Å². The first-order valence-electron chi connectivity index (χ1n) is 6.73. The number of hydrogen-bond donors (Lipinski definition) is 0. The largest absolute Gasteiger partial charge is 0.264 e. The second-order valence-corrected chi connectivity index (χ2v) is 4.68. The van der Waals surface area contributed by atoms with Gasteiger partial charge in [-0.25, -0.2) is 0 Å². The Balaban J connectivity index is 1.98. The molecule has 0 aliphatic heterocycles. The van der Waals surface area contributed by atoms with Crippen molar-refractivity contribution in [3.8, 4) is 0 Å². The van der Waals surface area contributed by atoms with Crippen LogP contribution in [0.15, 0.2) is 36.7 Å². The van der Waals surface area contributed by atoms with Crippen molar-refractivity contribution in [2.75, 3.05) is 0 Å². The summed E-state index contributed by atoms with van der Waals surface area (Å²) in [4.78, 5) is 4.17. The summed E-state index contributed by atoms with van der Waals surface area (Å²) in [6.45, 7) is 2.26. The number of hydrogen-bond acceptors (Lipinski definition) is 1. The quantitative estimate of drug-likeness (QED) is 0.649. The van der Waals surface area contributed by atoms with Crippen molar-refractivity contribution in [1.82, 2.24) is 4.98 Å². The lowest BCUT2D eigenvalue weighted by Gasteiger charge is -2.06. The van der Waals surface area contributed by atoms with Crippen LogP contribution in [-0.2, 0) is 6.42 Å². The summed E-state index contributed by atoms with van der Waals surface area (Å²) in [6, 6.07) is 8.67. The topological polar surface area (TPSA) is 12.9 Å². The molecule has 1 nitrogen and oxygen atoms in total. The summed E-state index contributed by atoms with van der Waals surface area (Å²) in [5.74, 6) is 0. The molecule has 0 atom stereocenters. The van der Waals surface area contributed by atoms with Gasteiger partial charge in [-0.05, 0) is 29.9 Å². The minimum absolute atomic E-state index is 1.20. The summed E-state index contributed by atoms with van der Waals surface area (Å²) in [5, 5.41) is 2.64. The molecular weight excluding hydrogens is 206 g/mol. The summed E-state index contributed by atoms with van der Waals surface area (Å²) < 4.78 is 0. The van der Waals surface area contributed by atoms with Gasteiger partial charge in [-0.1, -0.05) is 50.8 Å². The van der Waals surface area contributed by atoms with Crippen molar-refractivity contribution in [2.24, 2.45) is 0 Å². The van der Waals surface area contributed by atoms with Gasteiger partial charge in [0.25, 0.3) is 0 Å². The molecule has 0 spiro atoms. The van der Waals surface area contributed by atoms with Gasteiger partial charge in [-0.15, -0.1) is 0 Å². The van der Waals surface area contributed by atoms with Crippen LogP contribution in [0.25, 0.3) is 10.8 Å². The molecular formula is C16H21N. The maximum atomic E-state index is 4.17. The van der Waals surface area contributed by atoms with Crippen molar-refractivity contribution in [3.05, 3.63) is 42.2 Å². The Kier molecular flexibility index (Phi) is 4.54. The Morgan fingerprint density at radius 2 is 1.88 bits per heavy atom. The molecule has 0 unspecified atom stereocenters. The predicted octanol–water partition coefficient (Wildman–Crippen LogP) is 4.75. The van der Waals surface area contributed by atoms with E-state index in [1.807, 2.05) is 12.4 Å². The minimum Gasteiger partial charge on any atom is -0.264 e. The lowest BCUT2D eigenvalue weighted by molar-refractivity contribution is 0.633. The maximum absolute atomic E-state index is 4.17. The van der Waals surface area contributed by atoms with E-state index in [4.69, 9.17) is 0 Å². The number of rotatable bonds is 6. The lowest BCUT2D eigenvalue weighted by Crippen LogP contribution is -1.88. The van der Waals surface area contributed by atoms with Crippen LogP contribution in [-0.4, -0.2) is 4.98 Å². The minimum atomic E-state index is 1.20. The molecule has 1 aromatic carbocycles. The number of aromatic nitrogens is 1. The van der Waals surface area contributed by atoms with Crippen molar-refractivity contribution < 1.29 is 0 Å². The molecule has 0 saturated heterocycles. The lowest BCUT2D eigenvalue weighted by atomic mass is 10.0. The van der Waals surface area contributed by atoms with Crippen LogP contribution in [0, 0.1) is 0 Å². The van der Waals surface area contributed by atoms with Gasteiger partial charge in [0.1, 0.15) is 0 Å². The van der Waals surface area contributed by atoms with Crippen LogP contribution in [0.2, 0.25) is 0 Å². The average molecular weight is 227 g/mol. The molecule has 2 rings (SSSR count). The van der Waals surface area contributed by atoms with E-state index in [1.165, 1.54) is 54.9 Å². The number of nitrogens with zero attached hydrogens (tertiary/aromatic N) is 1. The predicted molar refractivity (Wildman–Crippen MR) is 74.2 cm³/mol. The van der Waals surface area contributed by atoms with Gasteiger partial charge in [0.15, 0.2) is 0 Å². The third-order valence-electron chi connectivity index (χ3n) is 3.32. The smallest absolute Gasteiger partial charge is 0.0346 e. The summed E-state index contributed by atoms with van der Waals surface area (Å²) in [6.07, 6.45) is 11.8. The van der Waals surface area contributed by atoms with Crippen LogP contribution in [0.3, 0.4) is 0 Å². The summed E-state index contributed by atoms with van der Waals surface area (Å²) in [5.41, 5.74) is 1.47. The Labute approximate surface area is 104 Å². The monoisotopic (exact) mass is 227 g/mol. The zero-order valence-electron chi connectivity index (χ0n) is 10.7. The van der Waals surface area contributed by atoms with Gasteiger partial charge in [-0.2, -0.15) is 0 Å². The molecule has 1 heteroatoms. The van der Waals surface area contributed by atoms with Crippen LogP contribution in [0.5, 0.6) is 0 Å². The first kappa shape index (κ1) is 12.1. The Morgan fingerprint density at radius 3 is 2.76 bits per heavy atom. The normalized spacial score (nSPS) is 10.9. The molecule has 17 heavy (non-hydrogen) atoms. The number of aryl methyl sites for hydroxylation is 1. The fourth-order valence-corrected chi connectivity index (χ4v) is 2.33. The molecule has 0 aliphatic carbocycles. The Morgan fingerprint density at radius 1 is 1.00 bits per heavy atom. The average Bonchev–Trinajstić information content (AvgIpc) is 2.39. The molecule has 2 aromatic rings. The molecule has 0 N–H and O–H groups in total. The van der Waals surface area contributed by atoms with Crippen molar-refractivity contribution in [3.63, 3.8) is 0 Å². The SMILES string of the molecule is CCCCCCCc1cccc2cnccc12. The molecule has 0 aliphatic rings. The molecule has 1 heterocycles. The highest BCUT2D eigenvalue weighted by atomic mass is 14.6. The molecule has 1 aromatic heterocycles. The fraction of sp³-hybridized carbons (Fsp3) is 0.438. The number of benzene rings is 1. The standard InChI is InChI=1S/C16H21N/c1-2-3-4-5-6-8-14-9-7-10-15-13-17-12-11-16(14)15/h7,9-13H,2-6,8H2,1H3. The number of unbranched alkanes of at least 4 members (excludes halogenated alkanes) is 4. The van der Waals surface area contributed by atoms with E-state index in [9.17, 15) is 0 Å². The van der Waals surface area contributed by atoms with E-state index in [0.29, 0.717) is 0 Å². The second kappa shape index (κ2) is 6.39. The number of fused-ring (bicyclic) bond motifs is 1. The van der Waals surface area contributed by atoms with E-state index in [0.717, 1.165) is 0 Å². The van der Waals surface area contributed by atoms with E-state index < -0.39 is 0 Å². The first-order chi connectivity index (χ1) is 8.42. The zero-order valence-corrected chi connectivity index (χ0v) is 10.7. The van der Waals surface area contributed by atoms with Gasteiger partial charge in [0, 0.05) is 17.8 Å². The molecule has 0 bridgehead atoms. The van der Waals surface area contributed by atoms with Gasteiger partial charge in [-0.3, -0.25) is 4.98 Å². The van der Waals surface area contributed by atoms with E-state index >= 15 is 0 Å². The van der Waals surface area contributed by atoms with Crippen LogP contribution >= 0.6 is 0 Å². The molecule has 90 valence electrons. The van der Waals surface area contributed by atoms with E-state index in [-0.39, 0.29) is 0 Å². The van der Waals surface area contributed by atoms with E-state index in [2.05, 4.69) is 36.2 Å². The molecule has 0 fully saturated rings. The Hall–Kier alpha value is -1.37. The highest BCUT2D eigenvalue weighted by molar-refractivity contribution is 5.84. The van der Waals surface area contributed by atoms with Crippen LogP contribution in [0.4, 0.5) is 0 Å². The third-order valence-corrected chi connectivity index (χ3v) is 3.32. The van der Waals surface area contributed by atoms with Crippen molar-refractivity contribution >= 4 is 10.8 Å². The Bertz CT molecular complexity index is 457. The summed E-state index contributed by atoms with van der Waals surface area (Å²) in [7, 11) is 0. The van der Waals surface area contributed by atoms with Crippen molar-refractivity contribution in [2.45, 2.75) is 45.4 Å². The maximum Gasteiger partial charge on any atom is 0.0346 e. The summed E-state index contributed by atoms with van der Waals surface area (Å²) >= 11 is 0. The zero-order chi connectivity index (χ0) is 11.9. The van der Waals surface area contributed by atoms with E-state index in [1.54, 1.807) is 0 Å². The fourth-order valence-electron chi connectivity index (χ4n) is 2.33. The third kappa shape index (κ3) is 3.29. The highest BCUT2D eigenvalue weighted by Crippen LogP contribution is 2.19.